The molecule has 5 nitrogen and oxygen atoms in total. The van der Waals surface area contributed by atoms with E-state index in [1.807, 2.05) is 39.1 Å². The standard InChI is InChI=1S/C16H24N2O3/c1-4-20-14-5-6-15-12(8-14)7-13(10-21-15)16(19)18-9-11(2)17-3/h5-6,8,11,13,17H,4,7,9-10H2,1-3H3,(H,18,19). The Morgan fingerprint density at radius 3 is 3.05 bits per heavy atom. The third-order valence-electron chi connectivity index (χ3n) is 3.70. The molecule has 1 aromatic rings. The Labute approximate surface area is 126 Å². The summed E-state index contributed by atoms with van der Waals surface area (Å²) in [6, 6.07) is 6.04. The van der Waals surface area contributed by atoms with Crippen LogP contribution < -0.4 is 20.1 Å². The van der Waals surface area contributed by atoms with Gasteiger partial charge >= 0.3 is 0 Å². The molecule has 0 fully saturated rings. The topological polar surface area (TPSA) is 59.6 Å². The molecular weight excluding hydrogens is 268 g/mol. The van der Waals surface area contributed by atoms with E-state index in [1.165, 1.54) is 0 Å². The van der Waals surface area contributed by atoms with Gasteiger partial charge in [-0.15, -0.1) is 0 Å². The van der Waals surface area contributed by atoms with Crippen molar-refractivity contribution < 1.29 is 14.3 Å². The Balaban J connectivity index is 1.97. The number of carbonyl (C=O) groups excluding carboxylic acids is 1. The number of hydrogen-bond donors (Lipinski definition) is 2. The minimum absolute atomic E-state index is 0.0459. The molecule has 2 unspecified atom stereocenters. The number of fused-ring (bicyclic) bond motifs is 1. The minimum Gasteiger partial charge on any atom is -0.494 e. The van der Waals surface area contributed by atoms with Gasteiger partial charge in [0.05, 0.1) is 12.5 Å². The third-order valence-corrected chi connectivity index (χ3v) is 3.70. The number of amides is 1. The molecule has 0 saturated heterocycles. The molecule has 2 rings (SSSR count). The van der Waals surface area contributed by atoms with Gasteiger partial charge in [0.1, 0.15) is 18.1 Å². The monoisotopic (exact) mass is 292 g/mol. The van der Waals surface area contributed by atoms with E-state index in [4.69, 9.17) is 9.47 Å². The Bertz CT molecular complexity index is 490. The summed E-state index contributed by atoms with van der Waals surface area (Å²) in [7, 11) is 1.88. The molecule has 0 bridgehead atoms. The lowest BCUT2D eigenvalue weighted by atomic mass is 9.95. The van der Waals surface area contributed by atoms with Crippen LogP contribution in [0.15, 0.2) is 18.2 Å². The molecule has 1 amide bonds. The van der Waals surface area contributed by atoms with E-state index in [1.54, 1.807) is 0 Å². The van der Waals surface area contributed by atoms with Gasteiger partial charge in [-0.1, -0.05) is 0 Å². The van der Waals surface area contributed by atoms with Gasteiger partial charge in [0.2, 0.25) is 5.91 Å². The Morgan fingerprint density at radius 2 is 2.33 bits per heavy atom. The molecule has 0 spiro atoms. The first-order chi connectivity index (χ1) is 10.1. The van der Waals surface area contributed by atoms with E-state index in [2.05, 4.69) is 10.6 Å². The van der Waals surface area contributed by atoms with E-state index >= 15 is 0 Å². The molecule has 2 atom stereocenters. The van der Waals surface area contributed by atoms with Crippen molar-refractivity contribution >= 4 is 5.91 Å². The largest absolute Gasteiger partial charge is 0.494 e. The molecule has 0 aromatic heterocycles. The van der Waals surface area contributed by atoms with Gasteiger partial charge in [0.25, 0.3) is 0 Å². The summed E-state index contributed by atoms with van der Waals surface area (Å²) in [6.07, 6.45) is 0.690. The number of likely N-dealkylation sites (N-methyl/N-ethyl adjacent to an activating group) is 1. The summed E-state index contributed by atoms with van der Waals surface area (Å²) >= 11 is 0. The van der Waals surface area contributed by atoms with Gasteiger partial charge < -0.3 is 20.1 Å². The highest BCUT2D eigenvalue weighted by atomic mass is 16.5. The highest BCUT2D eigenvalue weighted by Crippen LogP contribution is 2.30. The summed E-state index contributed by atoms with van der Waals surface area (Å²) < 4.78 is 11.2. The fourth-order valence-electron chi connectivity index (χ4n) is 2.30. The average molecular weight is 292 g/mol. The van der Waals surface area contributed by atoms with Gasteiger partial charge in [-0.2, -0.15) is 0 Å². The molecule has 0 radical (unpaired) electrons. The number of ether oxygens (including phenoxy) is 2. The van der Waals surface area contributed by atoms with Crippen molar-refractivity contribution in [2.24, 2.45) is 5.92 Å². The first-order valence-corrected chi connectivity index (χ1v) is 7.47. The number of rotatable bonds is 6. The van der Waals surface area contributed by atoms with Crippen molar-refractivity contribution in [2.45, 2.75) is 26.3 Å². The minimum atomic E-state index is -0.140. The summed E-state index contributed by atoms with van der Waals surface area (Å²) in [6.45, 7) is 5.67. The van der Waals surface area contributed by atoms with Crippen LogP contribution in [0.2, 0.25) is 0 Å². The summed E-state index contributed by atoms with van der Waals surface area (Å²) in [5.41, 5.74) is 1.04. The molecule has 2 N–H and O–H groups in total. The number of carbonyl (C=O) groups is 1. The maximum Gasteiger partial charge on any atom is 0.226 e. The van der Waals surface area contributed by atoms with Crippen molar-refractivity contribution in [3.63, 3.8) is 0 Å². The van der Waals surface area contributed by atoms with E-state index in [-0.39, 0.29) is 17.9 Å². The first kappa shape index (κ1) is 15.6. The molecule has 21 heavy (non-hydrogen) atoms. The summed E-state index contributed by atoms with van der Waals surface area (Å²) in [4.78, 5) is 12.2. The van der Waals surface area contributed by atoms with Crippen LogP contribution in [0.4, 0.5) is 0 Å². The van der Waals surface area contributed by atoms with Gasteiger partial charge in [0, 0.05) is 12.6 Å². The van der Waals surface area contributed by atoms with Crippen LogP contribution in [0.25, 0.3) is 0 Å². The average Bonchev–Trinajstić information content (AvgIpc) is 2.51. The Kier molecular flexibility index (Phi) is 5.44. The second kappa shape index (κ2) is 7.31. The zero-order valence-electron chi connectivity index (χ0n) is 12.9. The zero-order valence-corrected chi connectivity index (χ0v) is 12.9. The number of hydrogen-bond acceptors (Lipinski definition) is 4. The Morgan fingerprint density at radius 1 is 1.52 bits per heavy atom. The molecule has 1 aromatic carbocycles. The lowest BCUT2D eigenvalue weighted by molar-refractivity contribution is -0.126. The lowest BCUT2D eigenvalue weighted by Crippen LogP contribution is -2.42. The number of nitrogens with one attached hydrogen (secondary N) is 2. The van der Waals surface area contributed by atoms with Gasteiger partial charge in [-0.05, 0) is 51.1 Å². The van der Waals surface area contributed by atoms with Gasteiger partial charge in [-0.25, -0.2) is 0 Å². The summed E-state index contributed by atoms with van der Waals surface area (Å²) in [5, 5.41) is 6.06. The molecule has 116 valence electrons. The fourth-order valence-corrected chi connectivity index (χ4v) is 2.30. The number of benzene rings is 1. The normalized spacial score (nSPS) is 18.3. The molecule has 1 heterocycles. The fraction of sp³-hybridized carbons (Fsp3) is 0.562. The predicted molar refractivity (Wildman–Crippen MR) is 81.8 cm³/mol. The van der Waals surface area contributed by atoms with E-state index in [0.29, 0.717) is 26.2 Å². The molecular formula is C16H24N2O3. The highest BCUT2D eigenvalue weighted by molar-refractivity contribution is 5.79. The van der Waals surface area contributed by atoms with Gasteiger partial charge in [-0.3, -0.25) is 4.79 Å². The molecule has 0 aliphatic carbocycles. The van der Waals surface area contributed by atoms with Crippen LogP contribution in [0.3, 0.4) is 0 Å². The van der Waals surface area contributed by atoms with Crippen molar-refractivity contribution in [3.05, 3.63) is 23.8 Å². The van der Waals surface area contributed by atoms with Crippen LogP contribution in [0.1, 0.15) is 19.4 Å². The van der Waals surface area contributed by atoms with E-state index in [0.717, 1.165) is 17.1 Å². The molecule has 1 aliphatic rings. The quantitative estimate of drug-likeness (QED) is 0.831. The third kappa shape index (κ3) is 4.11. The van der Waals surface area contributed by atoms with E-state index < -0.39 is 0 Å². The SMILES string of the molecule is CCOc1ccc2c(c1)CC(C(=O)NCC(C)NC)CO2. The first-order valence-electron chi connectivity index (χ1n) is 7.47. The molecule has 1 aliphatic heterocycles. The van der Waals surface area contributed by atoms with Crippen molar-refractivity contribution in [1.29, 1.82) is 0 Å². The van der Waals surface area contributed by atoms with Crippen molar-refractivity contribution in [3.8, 4) is 11.5 Å². The van der Waals surface area contributed by atoms with Crippen molar-refractivity contribution in [2.75, 3.05) is 26.8 Å². The van der Waals surface area contributed by atoms with Crippen LogP contribution in [0, 0.1) is 5.92 Å². The van der Waals surface area contributed by atoms with Crippen LogP contribution >= 0.6 is 0 Å². The smallest absolute Gasteiger partial charge is 0.226 e. The maximum atomic E-state index is 12.2. The maximum absolute atomic E-state index is 12.2. The zero-order chi connectivity index (χ0) is 15.2. The molecule has 0 saturated carbocycles. The van der Waals surface area contributed by atoms with Crippen LogP contribution in [-0.2, 0) is 11.2 Å². The Hall–Kier alpha value is -1.75. The molecule has 5 heteroatoms. The van der Waals surface area contributed by atoms with Crippen molar-refractivity contribution in [1.82, 2.24) is 10.6 Å². The predicted octanol–water partition coefficient (Wildman–Crippen LogP) is 1.36. The summed E-state index contributed by atoms with van der Waals surface area (Å²) in [5.74, 6) is 1.58. The van der Waals surface area contributed by atoms with Crippen LogP contribution in [0.5, 0.6) is 11.5 Å². The lowest BCUT2D eigenvalue weighted by Gasteiger charge is -2.25. The second-order valence-corrected chi connectivity index (χ2v) is 5.35. The van der Waals surface area contributed by atoms with Gasteiger partial charge in [0.15, 0.2) is 0 Å². The van der Waals surface area contributed by atoms with Crippen LogP contribution in [-0.4, -0.2) is 38.8 Å². The highest BCUT2D eigenvalue weighted by Gasteiger charge is 2.26. The van der Waals surface area contributed by atoms with E-state index in [9.17, 15) is 4.79 Å². The second-order valence-electron chi connectivity index (χ2n) is 5.35.